The summed E-state index contributed by atoms with van der Waals surface area (Å²) in [4.78, 5) is 2.49. The average Bonchev–Trinajstić information content (AvgIpc) is 2.32. The van der Waals surface area contributed by atoms with Crippen molar-refractivity contribution in [3.8, 4) is 0 Å². The minimum atomic E-state index is 0.537. The molecule has 1 N–H and O–H groups in total. The van der Waals surface area contributed by atoms with Gasteiger partial charge in [-0.1, -0.05) is 25.4 Å². The fraction of sp³-hybridized carbons (Fsp3) is 0.600. The number of anilines is 1. The Balaban J connectivity index is 2.07. The summed E-state index contributed by atoms with van der Waals surface area (Å²) in [6.45, 7) is 8.98. The zero-order valence-corrected chi connectivity index (χ0v) is 12.2. The van der Waals surface area contributed by atoms with Gasteiger partial charge in [0.15, 0.2) is 0 Å². The highest BCUT2D eigenvalue weighted by Crippen LogP contribution is 2.23. The van der Waals surface area contributed by atoms with Gasteiger partial charge in [0, 0.05) is 35.9 Å². The van der Waals surface area contributed by atoms with Gasteiger partial charge in [0.25, 0.3) is 0 Å². The molecule has 1 fully saturated rings. The molecule has 1 aliphatic rings. The standard InChI is InChI=1S/C15H23ClN2/c1-11(2)8-14-10-18(12(3)9-17-14)15-6-4-13(16)5-7-15/h4-7,11-12,14,17H,8-10H2,1-3H3. The van der Waals surface area contributed by atoms with E-state index >= 15 is 0 Å². The van der Waals surface area contributed by atoms with E-state index in [0.29, 0.717) is 12.1 Å². The Morgan fingerprint density at radius 1 is 1.33 bits per heavy atom. The lowest BCUT2D eigenvalue weighted by atomic mass is 9.99. The first-order valence-corrected chi connectivity index (χ1v) is 7.19. The molecule has 1 saturated heterocycles. The second kappa shape index (κ2) is 5.94. The maximum absolute atomic E-state index is 5.95. The predicted molar refractivity (Wildman–Crippen MR) is 79.5 cm³/mol. The van der Waals surface area contributed by atoms with Crippen LogP contribution in [0.1, 0.15) is 27.2 Å². The Labute approximate surface area is 115 Å². The van der Waals surface area contributed by atoms with Crippen LogP contribution in [0.3, 0.4) is 0 Å². The van der Waals surface area contributed by atoms with E-state index in [-0.39, 0.29) is 0 Å². The molecule has 2 unspecified atom stereocenters. The summed E-state index contributed by atoms with van der Waals surface area (Å²) in [5.74, 6) is 0.739. The van der Waals surface area contributed by atoms with Crippen LogP contribution in [0, 0.1) is 5.92 Å². The Morgan fingerprint density at radius 3 is 2.61 bits per heavy atom. The van der Waals surface area contributed by atoms with Crippen LogP contribution in [0.25, 0.3) is 0 Å². The molecule has 3 heteroatoms. The van der Waals surface area contributed by atoms with E-state index in [2.05, 4.69) is 43.1 Å². The molecule has 2 rings (SSSR count). The highest BCUT2D eigenvalue weighted by atomic mass is 35.5. The Kier molecular flexibility index (Phi) is 4.52. The van der Waals surface area contributed by atoms with Gasteiger partial charge < -0.3 is 10.2 Å². The summed E-state index contributed by atoms with van der Waals surface area (Å²) in [6, 6.07) is 9.32. The molecule has 1 aromatic rings. The summed E-state index contributed by atoms with van der Waals surface area (Å²) in [7, 11) is 0. The van der Waals surface area contributed by atoms with Gasteiger partial charge in [-0.3, -0.25) is 0 Å². The van der Waals surface area contributed by atoms with Crippen molar-refractivity contribution in [1.82, 2.24) is 5.32 Å². The second-order valence-electron chi connectivity index (χ2n) is 5.71. The highest BCUT2D eigenvalue weighted by Gasteiger charge is 2.25. The third-order valence-corrected chi connectivity index (χ3v) is 3.82. The molecule has 1 heterocycles. The normalized spacial score (nSPS) is 24.6. The molecule has 2 atom stereocenters. The van der Waals surface area contributed by atoms with Crippen molar-refractivity contribution in [2.24, 2.45) is 5.92 Å². The first kappa shape index (κ1) is 13.7. The number of nitrogens with zero attached hydrogens (tertiary/aromatic N) is 1. The lowest BCUT2D eigenvalue weighted by Gasteiger charge is -2.41. The van der Waals surface area contributed by atoms with Crippen molar-refractivity contribution in [2.75, 3.05) is 18.0 Å². The van der Waals surface area contributed by atoms with Crippen LogP contribution >= 0.6 is 11.6 Å². The van der Waals surface area contributed by atoms with Crippen LogP contribution in [0.15, 0.2) is 24.3 Å². The van der Waals surface area contributed by atoms with Gasteiger partial charge in [0.05, 0.1) is 0 Å². The second-order valence-corrected chi connectivity index (χ2v) is 6.15. The number of piperazine rings is 1. The Hall–Kier alpha value is -0.730. The van der Waals surface area contributed by atoms with Gasteiger partial charge in [-0.25, -0.2) is 0 Å². The van der Waals surface area contributed by atoms with Gasteiger partial charge in [-0.2, -0.15) is 0 Å². The zero-order valence-electron chi connectivity index (χ0n) is 11.5. The van der Waals surface area contributed by atoms with Gasteiger partial charge in [-0.15, -0.1) is 0 Å². The van der Waals surface area contributed by atoms with Crippen LogP contribution in [0.4, 0.5) is 5.69 Å². The monoisotopic (exact) mass is 266 g/mol. The van der Waals surface area contributed by atoms with E-state index in [0.717, 1.165) is 24.0 Å². The molecule has 0 bridgehead atoms. The van der Waals surface area contributed by atoms with Crippen LogP contribution in [-0.2, 0) is 0 Å². The van der Waals surface area contributed by atoms with Crippen LogP contribution in [0.5, 0.6) is 0 Å². The van der Waals surface area contributed by atoms with E-state index in [4.69, 9.17) is 11.6 Å². The molecule has 2 nitrogen and oxygen atoms in total. The van der Waals surface area contributed by atoms with Gasteiger partial charge >= 0.3 is 0 Å². The molecule has 0 aromatic heterocycles. The first-order chi connectivity index (χ1) is 8.56. The molecule has 0 amide bonds. The maximum atomic E-state index is 5.95. The summed E-state index contributed by atoms with van der Waals surface area (Å²) in [6.07, 6.45) is 1.23. The van der Waals surface area contributed by atoms with Crippen LogP contribution < -0.4 is 10.2 Å². The summed E-state index contributed by atoms with van der Waals surface area (Å²) < 4.78 is 0. The van der Waals surface area contributed by atoms with Crippen molar-refractivity contribution < 1.29 is 0 Å². The van der Waals surface area contributed by atoms with Crippen LogP contribution in [-0.4, -0.2) is 25.2 Å². The van der Waals surface area contributed by atoms with E-state index in [1.54, 1.807) is 0 Å². The quantitative estimate of drug-likeness (QED) is 0.900. The van der Waals surface area contributed by atoms with E-state index < -0.39 is 0 Å². The number of halogens is 1. The summed E-state index contributed by atoms with van der Waals surface area (Å²) in [5, 5.41) is 4.45. The topological polar surface area (TPSA) is 15.3 Å². The van der Waals surface area contributed by atoms with Crippen molar-refractivity contribution in [1.29, 1.82) is 0 Å². The maximum Gasteiger partial charge on any atom is 0.0407 e. The highest BCUT2D eigenvalue weighted by molar-refractivity contribution is 6.30. The molecular formula is C15H23ClN2. The molecule has 0 radical (unpaired) electrons. The SMILES string of the molecule is CC(C)CC1CN(c2ccc(Cl)cc2)C(C)CN1. The summed E-state index contributed by atoms with van der Waals surface area (Å²) in [5.41, 5.74) is 1.28. The van der Waals surface area contributed by atoms with Crippen molar-refractivity contribution in [2.45, 2.75) is 39.3 Å². The molecule has 100 valence electrons. The smallest absolute Gasteiger partial charge is 0.0407 e. The number of hydrogen-bond acceptors (Lipinski definition) is 2. The van der Waals surface area contributed by atoms with Gasteiger partial charge in [0.2, 0.25) is 0 Å². The van der Waals surface area contributed by atoms with Crippen molar-refractivity contribution in [3.63, 3.8) is 0 Å². The average molecular weight is 267 g/mol. The molecule has 0 spiro atoms. The van der Waals surface area contributed by atoms with E-state index in [1.165, 1.54) is 12.1 Å². The van der Waals surface area contributed by atoms with Gasteiger partial charge in [-0.05, 0) is 43.5 Å². The van der Waals surface area contributed by atoms with E-state index in [9.17, 15) is 0 Å². The number of rotatable bonds is 3. The number of benzene rings is 1. The Bertz CT molecular complexity index is 375. The Morgan fingerprint density at radius 2 is 2.00 bits per heavy atom. The fourth-order valence-electron chi connectivity index (χ4n) is 2.65. The van der Waals surface area contributed by atoms with Crippen molar-refractivity contribution >= 4 is 17.3 Å². The molecular weight excluding hydrogens is 244 g/mol. The largest absolute Gasteiger partial charge is 0.366 e. The zero-order chi connectivity index (χ0) is 13.1. The van der Waals surface area contributed by atoms with Crippen molar-refractivity contribution in [3.05, 3.63) is 29.3 Å². The minimum Gasteiger partial charge on any atom is -0.366 e. The third kappa shape index (κ3) is 3.39. The van der Waals surface area contributed by atoms with E-state index in [1.807, 2.05) is 12.1 Å². The number of hydrogen-bond donors (Lipinski definition) is 1. The molecule has 0 saturated carbocycles. The summed E-state index contributed by atoms with van der Waals surface area (Å²) >= 11 is 5.95. The minimum absolute atomic E-state index is 0.537. The molecule has 1 aliphatic heterocycles. The molecule has 0 aliphatic carbocycles. The van der Waals surface area contributed by atoms with Crippen LogP contribution in [0.2, 0.25) is 5.02 Å². The lowest BCUT2D eigenvalue weighted by molar-refractivity contribution is 0.356. The number of nitrogens with one attached hydrogen (secondary N) is 1. The van der Waals surface area contributed by atoms with Gasteiger partial charge in [0.1, 0.15) is 0 Å². The first-order valence-electron chi connectivity index (χ1n) is 6.82. The molecule has 18 heavy (non-hydrogen) atoms. The predicted octanol–water partition coefficient (Wildman–Crippen LogP) is 3.55. The fourth-order valence-corrected chi connectivity index (χ4v) is 2.77. The third-order valence-electron chi connectivity index (χ3n) is 3.57. The molecule has 1 aromatic carbocycles. The lowest BCUT2D eigenvalue weighted by Crippen LogP contribution is -2.55.